The summed E-state index contributed by atoms with van der Waals surface area (Å²) in [7, 11) is 0. The molecule has 0 fully saturated rings. The summed E-state index contributed by atoms with van der Waals surface area (Å²) in [5.41, 5.74) is 16.2. The third kappa shape index (κ3) is 5.94. The first-order chi connectivity index (χ1) is 9.93. The first-order valence-corrected chi connectivity index (χ1v) is 6.27. The molecule has 22 heavy (non-hydrogen) atoms. The monoisotopic (exact) mass is 330 g/mol. The average Bonchev–Trinajstić information content (AvgIpc) is 2.44. The van der Waals surface area contributed by atoms with Gasteiger partial charge in [-0.1, -0.05) is 18.2 Å². The van der Waals surface area contributed by atoms with Crippen molar-refractivity contribution in [3.05, 3.63) is 40.4 Å². The number of nitrogens with zero attached hydrogens (tertiary/aromatic N) is 3. The standard InChI is InChI=1S/C12H18N6O3.ClH/c13-10(7-4-8-16-12(14)15)11(19)17(18(20)21)9-5-2-1-3-6-9;/h1-3,5-6,10H,4,7-8,13H2,(H4,14,15,16);1H/t10-;/m0./s1. The number of guanidine groups is 1. The first-order valence-electron chi connectivity index (χ1n) is 6.27. The first kappa shape index (κ1) is 19.6. The Morgan fingerprint density at radius 3 is 2.41 bits per heavy atom. The topological polar surface area (TPSA) is 154 Å². The number of nitro groups is 1. The lowest BCUT2D eigenvalue weighted by Gasteiger charge is -2.16. The van der Waals surface area contributed by atoms with Gasteiger partial charge >= 0.3 is 5.91 Å². The highest BCUT2D eigenvalue weighted by atomic mass is 35.5. The van der Waals surface area contributed by atoms with Crippen LogP contribution in [0.15, 0.2) is 35.3 Å². The van der Waals surface area contributed by atoms with E-state index in [9.17, 15) is 14.9 Å². The number of aliphatic imine (C=N–C) groups is 1. The maximum absolute atomic E-state index is 12.1. The van der Waals surface area contributed by atoms with Gasteiger partial charge in [-0.25, -0.2) is 10.1 Å². The summed E-state index contributed by atoms with van der Waals surface area (Å²) in [4.78, 5) is 26.9. The van der Waals surface area contributed by atoms with Gasteiger partial charge in [0.2, 0.25) is 0 Å². The van der Waals surface area contributed by atoms with E-state index in [0.717, 1.165) is 0 Å². The Kier molecular flexibility index (Phi) is 8.49. The molecule has 1 rings (SSSR count). The van der Waals surface area contributed by atoms with E-state index in [-0.39, 0.29) is 30.5 Å². The predicted octanol–water partition coefficient (Wildman–Crippen LogP) is 0.0140. The van der Waals surface area contributed by atoms with Gasteiger partial charge < -0.3 is 17.2 Å². The fraction of sp³-hybridized carbons (Fsp3) is 0.333. The lowest BCUT2D eigenvalue weighted by molar-refractivity contribution is -0.484. The molecule has 1 atom stereocenters. The van der Waals surface area contributed by atoms with Crippen LogP contribution in [0.2, 0.25) is 0 Å². The van der Waals surface area contributed by atoms with E-state index in [0.29, 0.717) is 18.0 Å². The molecule has 122 valence electrons. The van der Waals surface area contributed by atoms with Crippen LogP contribution in [-0.4, -0.2) is 29.5 Å². The maximum atomic E-state index is 12.1. The molecule has 0 saturated heterocycles. The van der Waals surface area contributed by atoms with Gasteiger partial charge in [0.05, 0.1) is 6.04 Å². The third-order valence-electron chi connectivity index (χ3n) is 2.66. The number of carbonyl (C=O) groups is 1. The normalized spacial score (nSPS) is 11.0. The Labute approximate surface area is 133 Å². The van der Waals surface area contributed by atoms with Crippen LogP contribution in [0.1, 0.15) is 12.8 Å². The van der Waals surface area contributed by atoms with Crippen molar-refractivity contribution in [2.24, 2.45) is 22.2 Å². The molecule has 0 aliphatic rings. The van der Waals surface area contributed by atoms with E-state index in [2.05, 4.69) is 4.99 Å². The number of benzene rings is 1. The van der Waals surface area contributed by atoms with Crippen LogP contribution < -0.4 is 22.2 Å². The Morgan fingerprint density at radius 1 is 1.32 bits per heavy atom. The molecule has 0 unspecified atom stereocenters. The summed E-state index contributed by atoms with van der Waals surface area (Å²) in [5, 5.41) is 10.7. The number of para-hydroxylation sites is 1. The van der Waals surface area contributed by atoms with Crippen LogP contribution in [0.25, 0.3) is 0 Å². The van der Waals surface area contributed by atoms with Crippen molar-refractivity contribution in [1.29, 1.82) is 0 Å². The number of carbonyl (C=O) groups excluding carboxylic acids is 1. The van der Waals surface area contributed by atoms with Gasteiger partial charge in [0.15, 0.2) is 11.0 Å². The molecule has 0 aliphatic heterocycles. The van der Waals surface area contributed by atoms with Crippen molar-refractivity contribution in [3.8, 4) is 0 Å². The molecule has 9 nitrogen and oxygen atoms in total. The summed E-state index contributed by atoms with van der Waals surface area (Å²) < 4.78 is 0. The molecule has 0 saturated carbocycles. The molecule has 1 amide bonds. The number of amides is 1. The molecule has 6 N–H and O–H groups in total. The molecular formula is C12H19ClN6O3. The second kappa shape index (κ2) is 9.53. The third-order valence-corrected chi connectivity index (χ3v) is 2.66. The van der Waals surface area contributed by atoms with Crippen molar-refractivity contribution >= 4 is 30.0 Å². The van der Waals surface area contributed by atoms with Crippen molar-refractivity contribution in [1.82, 2.24) is 0 Å². The molecular weight excluding hydrogens is 312 g/mol. The summed E-state index contributed by atoms with van der Waals surface area (Å²) >= 11 is 0. The number of anilines is 1. The highest BCUT2D eigenvalue weighted by Crippen LogP contribution is 2.15. The zero-order chi connectivity index (χ0) is 15.8. The molecule has 10 heteroatoms. The van der Waals surface area contributed by atoms with Gasteiger partial charge in [0, 0.05) is 6.54 Å². The lowest BCUT2D eigenvalue weighted by atomic mass is 10.1. The Morgan fingerprint density at radius 2 is 1.91 bits per heavy atom. The quantitative estimate of drug-likeness (QED) is 0.210. The highest BCUT2D eigenvalue weighted by molar-refractivity contribution is 5.94. The number of rotatable bonds is 7. The Balaban J connectivity index is 0.00000441. The van der Waals surface area contributed by atoms with Gasteiger partial charge in [-0.3, -0.25) is 9.79 Å². The smallest absolute Gasteiger partial charge is 0.306 e. The van der Waals surface area contributed by atoms with Crippen LogP contribution in [0.5, 0.6) is 0 Å². The van der Waals surface area contributed by atoms with Gasteiger partial charge in [-0.15, -0.1) is 12.4 Å². The van der Waals surface area contributed by atoms with Crippen LogP contribution in [0, 0.1) is 10.1 Å². The fourth-order valence-corrected chi connectivity index (χ4v) is 1.67. The SMILES string of the molecule is Cl.NC(N)=NCCC[C@H](N)C(=O)N(c1ccccc1)[N+](=O)[O-]. The number of nitrogens with two attached hydrogens (primary N) is 3. The summed E-state index contributed by atoms with van der Waals surface area (Å²) in [6.45, 7) is 0.313. The fourth-order valence-electron chi connectivity index (χ4n) is 1.67. The molecule has 0 aliphatic carbocycles. The lowest BCUT2D eigenvalue weighted by Crippen LogP contribution is -2.47. The van der Waals surface area contributed by atoms with Gasteiger partial charge in [-0.05, 0) is 30.0 Å². The van der Waals surface area contributed by atoms with Crippen molar-refractivity contribution in [2.45, 2.75) is 18.9 Å². The largest absolute Gasteiger partial charge is 0.370 e. The second-order valence-electron chi connectivity index (χ2n) is 4.28. The van der Waals surface area contributed by atoms with E-state index in [4.69, 9.17) is 17.2 Å². The molecule has 0 heterocycles. The molecule has 0 radical (unpaired) electrons. The zero-order valence-electron chi connectivity index (χ0n) is 11.8. The van der Waals surface area contributed by atoms with Crippen molar-refractivity contribution in [3.63, 3.8) is 0 Å². The van der Waals surface area contributed by atoms with Gasteiger partial charge in [0.25, 0.3) is 0 Å². The van der Waals surface area contributed by atoms with Crippen LogP contribution in [0.3, 0.4) is 0 Å². The summed E-state index contributed by atoms with van der Waals surface area (Å²) in [5.74, 6) is -0.831. The second-order valence-corrected chi connectivity index (χ2v) is 4.28. The zero-order valence-corrected chi connectivity index (χ0v) is 12.6. The molecule has 0 aromatic heterocycles. The number of halogens is 1. The number of hydrogen-bond acceptors (Lipinski definition) is 5. The molecule has 0 bridgehead atoms. The minimum atomic E-state index is -0.996. The number of hydrogen-bond donors (Lipinski definition) is 3. The van der Waals surface area contributed by atoms with E-state index < -0.39 is 17.0 Å². The predicted molar refractivity (Wildman–Crippen MR) is 86.1 cm³/mol. The highest BCUT2D eigenvalue weighted by Gasteiger charge is 2.30. The summed E-state index contributed by atoms with van der Waals surface area (Å²) in [6.07, 6.45) is 0.692. The number of hydrazine groups is 1. The van der Waals surface area contributed by atoms with Crippen LogP contribution in [-0.2, 0) is 4.79 Å². The average molecular weight is 331 g/mol. The van der Waals surface area contributed by atoms with Crippen molar-refractivity contribution < 1.29 is 9.83 Å². The minimum absolute atomic E-state index is 0. The van der Waals surface area contributed by atoms with Crippen LogP contribution >= 0.6 is 12.4 Å². The van der Waals surface area contributed by atoms with E-state index in [1.54, 1.807) is 18.2 Å². The van der Waals surface area contributed by atoms with E-state index >= 15 is 0 Å². The Bertz CT molecular complexity index is 521. The van der Waals surface area contributed by atoms with Crippen LogP contribution in [0.4, 0.5) is 5.69 Å². The maximum Gasteiger partial charge on any atom is 0.306 e. The molecule has 0 spiro atoms. The van der Waals surface area contributed by atoms with Gasteiger partial charge in [0.1, 0.15) is 5.69 Å². The van der Waals surface area contributed by atoms with E-state index in [1.807, 2.05) is 0 Å². The summed E-state index contributed by atoms with van der Waals surface area (Å²) in [6, 6.07) is 6.83. The van der Waals surface area contributed by atoms with Gasteiger partial charge in [-0.2, -0.15) is 0 Å². The van der Waals surface area contributed by atoms with E-state index in [1.165, 1.54) is 12.1 Å². The minimum Gasteiger partial charge on any atom is -0.370 e. The Hall–Kier alpha value is -2.39. The molecule has 1 aromatic rings. The van der Waals surface area contributed by atoms with Crippen molar-refractivity contribution in [2.75, 3.05) is 11.6 Å². The molecule has 1 aromatic carbocycles.